The van der Waals surface area contributed by atoms with E-state index in [1.807, 2.05) is 41.1 Å². The Bertz CT molecular complexity index is 760. The van der Waals surface area contributed by atoms with E-state index in [9.17, 15) is 9.59 Å². The lowest BCUT2D eigenvalue weighted by Crippen LogP contribution is -2.49. The number of ether oxygens (including phenoxy) is 1. The molecule has 1 aromatic carbocycles. The highest BCUT2D eigenvalue weighted by Crippen LogP contribution is 2.07. The van der Waals surface area contributed by atoms with E-state index in [1.165, 1.54) is 15.4 Å². The largest absolute Gasteiger partial charge is 0.383 e. The number of carbonyl (C=O) groups is 2. The standard InChI is InChI=1S/C20H29N5O3/c1-23(2)19(26)14-25(9-10-28-3)20(27)18(21)11-17-13-24(15-22-17)12-16-7-5-4-6-8-16/h4-8,13,15,18H,9-12,14,21H2,1-3H3/t18-/m0/s1. The molecule has 0 radical (unpaired) electrons. The highest BCUT2D eigenvalue weighted by molar-refractivity contribution is 5.87. The summed E-state index contributed by atoms with van der Waals surface area (Å²) in [6.45, 7) is 1.33. The third kappa shape index (κ3) is 6.47. The molecule has 2 aromatic rings. The minimum absolute atomic E-state index is 0.0225. The molecule has 0 unspecified atom stereocenters. The molecule has 0 aliphatic rings. The smallest absolute Gasteiger partial charge is 0.241 e. The number of carbonyl (C=O) groups excluding carboxylic acids is 2. The molecule has 2 amide bonds. The topological polar surface area (TPSA) is 93.7 Å². The molecule has 8 heteroatoms. The van der Waals surface area contributed by atoms with Gasteiger partial charge in [0.2, 0.25) is 11.8 Å². The molecule has 8 nitrogen and oxygen atoms in total. The number of nitrogens with two attached hydrogens (primary N) is 1. The van der Waals surface area contributed by atoms with Gasteiger partial charge in [0, 0.05) is 46.9 Å². The van der Waals surface area contributed by atoms with Crippen molar-refractivity contribution in [3.8, 4) is 0 Å². The summed E-state index contributed by atoms with van der Waals surface area (Å²) < 4.78 is 7.01. The number of hydrogen-bond acceptors (Lipinski definition) is 5. The zero-order valence-corrected chi connectivity index (χ0v) is 16.7. The van der Waals surface area contributed by atoms with Crippen molar-refractivity contribution in [2.24, 2.45) is 5.73 Å². The van der Waals surface area contributed by atoms with Gasteiger partial charge in [-0.1, -0.05) is 30.3 Å². The first-order valence-corrected chi connectivity index (χ1v) is 9.18. The Kier molecular flexibility index (Phi) is 8.16. The summed E-state index contributed by atoms with van der Waals surface area (Å²) in [5.41, 5.74) is 8.03. The number of methoxy groups -OCH3 is 1. The predicted octanol–water partition coefficient (Wildman–Crippen LogP) is 0.364. The first kappa shape index (κ1) is 21.6. The minimum atomic E-state index is -0.771. The Labute approximate surface area is 165 Å². The van der Waals surface area contributed by atoms with Crippen LogP contribution >= 0.6 is 0 Å². The maximum atomic E-state index is 12.7. The van der Waals surface area contributed by atoms with Gasteiger partial charge < -0.3 is 24.8 Å². The van der Waals surface area contributed by atoms with Gasteiger partial charge in [0.1, 0.15) is 0 Å². The van der Waals surface area contributed by atoms with Crippen LogP contribution in [0.1, 0.15) is 11.3 Å². The fourth-order valence-corrected chi connectivity index (χ4v) is 2.71. The molecule has 0 spiro atoms. The van der Waals surface area contributed by atoms with Crippen LogP contribution in [0.25, 0.3) is 0 Å². The maximum Gasteiger partial charge on any atom is 0.241 e. The van der Waals surface area contributed by atoms with E-state index in [-0.39, 0.29) is 18.4 Å². The monoisotopic (exact) mass is 387 g/mol. The van der Waals surface area contributed by atoms with Crippen LogP contribution in [0.4, 0.5) is 0 Å². The van der Waals surface area contributed by atoms with Crippen LogP contribution in [0.15, 0.2) is 42.9 Å². The fourth-order valence-electron chi connectivity index (χ4n) is 2.71. The SMILES string of the molecule is COCCN(CC(=O)N(C)C)C(=O)[C@@H](N)Cc1cn(Cc2ccccc2)cn1. The van der Waals surface area contributed by atoms with Crippen molar-refractivity contribution in [1.29, 1.82) is 0 Å². The second-order valence-corrected chi connectivity index (χ2v) is 6.87. The Hall–Kier alpha value is -2.71. The first-order valence-electron chi connectivity index (χ1n) is 9.18. The lowest BCUT2D eigenvalue weighted by molar-refractivity contribution is -0.140. The zero-order valence-electron chi connectivity index (χ0n) is 16.7. The number of rotatable bonds is 10. The second-order valence-electron chi connectivity index (χ2n) is 6.87. The van der Waals surface area contributed by atoms with Gasteiger partial charge in [-0.05, 0) is 5.56 Å². The van der Waals surface area contributed by atoms with Crippen LogP contribution in [0, 0.1) is 0 Å². The molecule has 1 aromatic heterocycles. The molecule has 0 aliphatic carbocycles. The molecule has 28 heavy (non-hydrogen) atoms. The third-order valence-corrected chi connectivity index (χ3v) is 4.34. The molecule has 152 valence electrons. The highest BCUT2D eigenvalue weighted by atomic mass is 16.5. The van der Waals surface area contributed by atoms with E-state index in [0.29, 0.717) is 26.1 Å². The summed E-state index contributed by atoms with van der Waals surface area (Å²) in [6.07, 6.45) is 3.93. The lowest BCUT2D eigenvalue weighted by Gasteiger charge is -2.26. The number of hydrogen-bond donors (Lipinski definition) is 1. The van der Waals surface area contributed by atoms with Gasteiger partial charge in [0.05, 0.1) is 31.2 Å². The third-order valence-electron chi connectivity index (χ3n) is 4.34. The van der Waals surface area contributed by atoms with Crippen molar-refractivity contribution in [1.82, 2.24) is 19.4 Å². The van der Waals surface area contributed by atoms with Crippen molar-refractivity contribution in [3.63, 3.8) is 0 Å². The molecule has 0 fully saturated rings. The molecule has 1 atom stereocenters. The quantitative estimate of drug-likeness (QED) is 0.636. The maximum absolute atomic E-state index is 12.7. The van der Waals surface area contributed by atoms with Crippen molar-refractivity contribution < 1.29 is 14.3 Å². The van der Waals surface area contributed by atoms with Crippen LogP contribution in [0.2, 0.25) is 0 Å². The van der Waals surface area contributed by atoms with E-state index >= 15 is 0 Å². The summed E-state index contributed by atoms with van der Waals surface area (Å²) in [6, 6.07) is 9.28. The summed E-state index contributed by atoms with van der Waals surface area (Å²) in [5, 5.41) is 0. The minimum Gasteiger partial charge on any atom is -0.383 e. The van der Waals surface area contributed by atoms with Crippen LogP contribution in [0.5, 0.6) is 0 Å². The van der Waals surface area contributed by atoms with Gasteiger partial charge >= 0.3 is 0 Å². The van der Waals surface area contributed by atoms with E-state index in [4.69, 9.17) is 10.5 Å². The molecule has 2 rings (SSSR count). The number of nitrogens with zero attached hydrogens (tertiary/aromatic N) is 4. The van der Waals surface area contributed by atoms with Crippen molar-refractivity contribution in [2.45, 2.75) is 19.0 Å². The zero-order chi connectivity index (χ0) is 20.5. The van der Waals surface area contributed by atoms with Gasteiger partial charge in [0.15, 0.2) is 0 Å². The molecule has 0 aliphatic heterocycles. The highest BCUT2D eigenvalue weighted by Gasteiger charge is 2.24. The average Bonchev–Trinajstić information content (AvgIpc) is 3.11. The lowest BCUT2D eigenvalue weighted by atomic mass is 10.1. The summed E-state index contributed by atoms with van der Waals surface area (Å²) in [4.78, 5) is 32.0. The number of aromatic nitrogens is 2. The second kappa shape index (κ2) is 10.6. The molecule has 2 N–H and O–H groups in total. The van der Waals surface area contributed by atoms with Gasteiger partial charge in [-0.2, -0.15) is 0 Å². The van der Waals surface area contributed by atoms with E-state index < -0.39 is 6.04 Å². The normalized spacial score (nSPS) is 11.9. The Morgan fingerprint density at radius 1 is 1.25 bits per heavy atom. The van der Waals surface area contributed by atoms with E-state index in [1.54, 1.807) is 27.5 Å². The van der Waals surface area contributed by atoms with Crippen molar-refractivity contribution in [3.05, 3.63) is 54.1 Å². The number of likely N-dealkylation sites (N-methyl/N-ethyl adjacent to an activating group) is 1. The van der Waals surface area contributed by atoms with E-state index in [0.717, 1.165) is 5.69 Å². The first-order chi connectivity index (χ1) is 13.4. The predicted molar refractivity (Wildman–Crippen MR) is 107 cm³/mol. The molecular weight excluding hydrogens is 358 g/mol. The van der Waals surface area contributed by atoms with E-state index in [2.05, 4.69) is 4.98 Å². The van der Waals surface area contributed by atoms with Gasteiger partial charge in [-0.3, -0.25) is 9.59 Å². The molecule has 0 saturated carbocycles. The number of imidazole rings is 1. The summed E-state index contributed by atoms with van der Waals surface area (Å²) in [7, 11) is 4.86. The van der Waals surface area contributed by atoms with Crippen LogP contribution in [0.3, 0.4) is 0 Å². The fraction of sp³-hybridized carbons (Fsp3) is 0.450. The molecule has 0 saturated heterocycles. The Balaban J connectivity index is 1.98. The number of benzene rings is 1. The molecule has 1 heterocycles. The Morgan fingerprint density at radius 3 is 2.61 bits per heavy atom. The number of amides is 2. The molecule has 0 bridgehead atoms. The summed E-state index contributed by atoms with van der Waals surface area (Å²) in [5.74, 6) is -0.450. The van der Waals surface area contributed by atoms with Gasteiger partial charge in [0.25, 0.3) is 0 Å². The van der Waals surface area contributed by atoms with Crippen molar-refractivity contribution in [2.75, 3.05) is 40.9 Å². The van der Waals surface area contributed by atoms with Crippen LogP contribution in [-0.4, -0.2) is 78.1 Å². The average molecular weight is 387 g/mol. The van der Waals surface area contributed by atoms with Crippen molar-refractivity contribution >= 4 is 11.8 Å². The summed E-state index contributed by atoms with van der Waals surface area (Å²) >= 11 is 0. The van der Waals surface area contributed by atoms with Gasteiger partial charge in [-0.15, -0.1) is 0 Å². The van der Waals surface area contributed by atoms with Gasteiger partial charge in [-0.25, -0.2) is 4.98 Å². The Morgan fingerprint density at radius 2 is 1.96 bits per heavy atom. The van der Waals surface area contributed by atoms with Crippen LogP contribution in [-0.2, 0) is 27.3 Å². The van der Waals surface area contributed by atoms with Crippen LogP contribution < -0.4 is 5.73 Å². The molecular formula is C20H29N5O3.